The Kier molecular flexibility index (Phi) is 7.11. The van der Waals surface area contributed by atoms with Crippen LogP contribution in [0.15, 0.2) is 52.8 Å². The molecule has 0 radical (unpaired) electrons. The molecule has 10 nitrogen and oxygen atoms in total. The Morgan fingerprint density at radius 3 is 2.57 bits per heavy atom. The van der Waals surface area contributed by atoms with E-state index < -0.39 is 23.0 Å². The van der Waals surface area contributed by atoms with Crippen molar-refractivity contribution < 1.29 is 32.1 Å². The Balaban J connectivity index is 1.84. The molecule has 12 heteroatoms. The third-order valence-corrected chi connectivity index (χ3v) is 9.31. The lowest BCUT2D eigenvalue weighted by molar-refractivity contribution is -0.120. The van der Waals surface area contributed by atoms with Crippen molar-refractivity contribution in [2.75, 3.05) is 30.5 Å². The maximum Gasteiger partial charge on any atom is 0.348 e. The van der Waals surface area contributed by atoms with Crippen molar-refractivity contribution in [2.24, 2.45) is 4.76 Å². The summed E-state index contributed by atoms with van der Waals surface area (Å²) in [4.78, 5) is 14.1. The molecule has 1 aliphatic heterocycles. The van der Waals surface area contributed by atoms with E-state index >= 15 is 0 Å². The van der Waals surface area contributed by atoms with Crippen LogP contribution in [0.4, 0.5) is 11.4 Å². The molecule has 3 unspecified atom stereocenters. The van der Waals surface area contributed by atoms with Crippen LogP contribution in [-0.2, 0) is 34.1 Å². The van der Waals surface area contributed by atoms with Crippen LogP contribution in [0.3, 0.4) is 0 Å². The molecule has 37 heavy (non-hydrogen) atoms. The lowest BCUT2D eigenvalue weighted by Gasteiger charge is -2.37. The van der Waals surface area contributed by atoms with Crippen LogP contribution in [0.5, 0.6) is 0 Å². The van der Waals surface area contributed by atoms with Crippen molar-refractivity contribution in [2.45, 2.75) is 38.2 Å². The molecule has 1 heterocycles. The number of ketones is 1. The van der Waals surface area contributed by atoms with Gasteiger partial charge in [-0.3, -0.25) is 14.1 Å². The number of amidine groups is 1. The fourth-order valence-corrected chi connectivity index (χ4v) is 6.72. The minimum Gasteiger partial charge on any atom is -0.506 e. The van der Waals surface area contributed by atoms with E-state index in [-0.39, 0.29) is 40.0 Å². The SMILES string of the molecule is COC(C)CCC1(C)C(=O)C(C2=NP(=O)(OC)c3cc(NS(C)(=O)=O)ccc3N2)=C(O)c2ccccc21. The van der Waals surface area contributed by atoms with Gasteiger partial charge in [0.25, 0.3) is 0 Å². The van der Waals surface area contributed by atoms with E-state index in [0.717, 1.165) is 6.26 Å². The van der Waals surface area contributed by atoms with Gasteiger partial charge in [-0.05, 0) is 50.5 Å². The molecule has 2 aromatic rings. The van der Waals surface area contributed by atoms with Gasteiger partial charge < -0.3 is 19.7 Å². The van der Waals surface area contributed by atoms with Crippen molar-refractivity contribution >= 4 is 51.6 Å². The fourth-order valence-electron chi connectivity index (χ4n) is 4.63. The summed E-state index contributed by atoms with van der Waals surface area (Å²) in [6.07, 6.45) is 1.96. The molecule has 0 spiro atoms. The van der Waals surface area contributed by atoms with Gasteiger partial charge in [-0.1, -0.05) is 24.3 Å². The number of aliphatic hydroxyl groups is 1. The summed E-state index contributed by atoms with van der Waals surface area (Å²) in [5, 5.41) is 14.4. The number of sulfonamides is 1. The molecule has 2 aromatic carbocycles. The number of nitrogens with one attached hydrogen (secondary N) is 2. The van der Waals surface area contributed by atoms with Crippen LogP contribution >= 0.6 is 7.52 Å². The monoisotopic (exact) mass is 547 g/mol. The van der Waals surface area contributed by atoms with Gasteiger partial charge in [0.2, 0.25) is 10.0 Å². The van der Waals surface area contributed by atoms with Crippen molar-refractivity contribution in [1.29, 1.82) is 0 Å². The zero-order valence-corrected chi connectivity index (χ0v) is 22.9. The van der Waals surface area contributed by atoms with E-state index in [1.165, 1.54) is 25.3 Å². The van der Waals surface area contributed by atoms with Gasteiger partial charge in [0.1, 0.15) is 17.2 Å². The second kappa shape index (κ2) is 9.72. The van der Waals surface area contributed by atoms with Crippen molar-refractivity contribution in [3.05, 3.63) is 59.2 Å². The highest BCUT2D eigenvalue weighted by Crippen LogP contribution is 2.53. The number of methoxy groups -OCH3 is 1. The van der Waals surface area contributed by atoms with Gasteiger partial charge in [-0.2, -0.15) is 4.76 Å². The number of carbonyl (C=O) groups excluding carboxylic acids is 1. The first-order chi connectivity index (χ1) is 17.3. The number of hydrogen-bond donors (Lipinski definition) is 3. The zero-order chi connectivity index (χ0) is 27.2. The fraction of sp³-hybridized carbons (Fsp3) is 0.360. The number of benzene rings is 2. The summed E-state index contributed by atoms with van der Waals surface area (Å²) >= 11 is 0. The first-order valence-electron chi connectivity index (χ1n) is 11.6. The number of Topliss-reactive ketones (excluding diaryl/α,β-unsaturated/α-hetero) is 1. The molecular weight excluding hydrogens is 517 g/mol. The maximum absolute atomic E-state index is 14.1. The zero-order valence-electron chi connectivity index (χ0n) is 21.2. The van der Waals surface area contributed by atoms with Gasteiger partial charge in [0.05, 0.1) is 28.8 Å². The third kappa shape index (κ3) is 4.96. The quantitative estimate of drug-likeness (QED) is 0.421. The van der Waals surface area contributed by atoms with E-state index in [0.29, 0.717) is 29.7 Å². The predicted molar refractivity (Wildman–Crippen MR) is 144 cm³/mol. The van der Waals surface area contributed by atoms with Gasteiger partial charge >= 0.3 is 7.52 Å². The summed E-state index contributed by atoms with van der Waals surface area (Å²) in [7, 11) is -4.69. The molecule has 0 bridgehead atoms. The standard InChI is InChI=1S/C25H30N3O7PS/c1-15(34-3)12-13-25(2)18-9-7-6-8-17(18)22(29)21(23(25)30)24-26-19-11-10-16(28-37(5,32)33)14-20(19)36(31,27-24)35-4/h6-11,14-15,28-29H,12-13H2,1-5H3,(H,26,27,31). The lowest BCUT2D eigenvalue weighted by Crippen LogP contribution is -2.43. The largest absolute Gasteiger partial charge is 0.506 e. The molecule has 0 aromatic heterocycles. The summed E-state index contributed by atoms with van der Waals surface area (Å²) < 4.78 is 54.5. The number of hydrogen-bond acceptors (Lipinski definition) is 8. The van der Waals surface area contributed by atoms with Crippen LogP contribution in [0.25, 0.3) is 5.76 Å². The van der Waals surface area contributed by atoms with Crippen LogP contribution in [-0.4, -0.2) is 51.7 Å². The molecule has 3 atom stereocenters. The number of aliphatic hydroxyl groups excluding tert-OH is 1. The molecule has 0 saturated heterocycles. The second-order valence-corrected chi connectivity index (χ2v) is 13.2. The average molecular weight is 548 g/mol. The molecule has 0 fully saturated rings. The van der Waals surface area contributed by atoms with E-state index in [9.17, 15) is 22.9 Å². The minimum atomic E-state index is -3.94. The van der Waals surface area contributed by atoms with Crippen LogP contribution < -0.4 is 15.3 Å². The molecule has 198 valence electrons. The summed E-state index contributed by atoms with van der Waals surface area (Å²) in [6, 6.07) is 11.5. The van der Waals surface area contributed by atoms with Gasteiger partial charge in [-0.25, -0.2) is 8.42 Å². The summed E-state index contributed by atoms with van der Waals surface area (Å²) in [6.45, 7) is 3.74. The molecular formula is C25H30N3O7PS. The van der Waals surface area contributed by atoms with Gasteiger partial charge in [0.15, 0.2) is 5.78 Å². The molecule has 0 saturated carbocycles. The smallest absolute Gasteiger partial charge is 0.348 e. The first-order valence-corrected chi connectivity index (χ1v) is 15.1. The second-order valence-electron chi connectivity index (χ2n) is 9.40. The minimum absolute atomic E-state index is 0.0791. The highest BCUT2D eigenvalue weighted by Gasteiger charge is 2.47. The van der Waals surface area contributed by atoms with Crippen LogP contribution in [0, 0.1) is 0 Å². The molecule has 4 rings (SSSR count). The normalized spacial score (nSPS) is 24.0. The summed E-state index contributed by atoms with van der Waals surface area (Å²) in [5.41, 5.74) is 0.579. The molecule has 2 aliphatic rings. The molecule has 3 N–H and O–H groups in total. The van der Waals surface area contributed by atoms with E-state index in [4.69, 9.17) is 9.26 Å². The number of ether oxygens (including phenoxy) is 1. The van der Waals surface area contributed by atoms with Crippen molar-refractivity contribution in [3.63, 3.8) is 0 Å². The lowest BCUT2D eigenvalue weighted by atomic mass is 9.67. The van der Waals surface area contributed by atoms with Gasteiger partial charge in [-0.15, -0.1) is 0 Å². The van der Waals surface area contributed by atoms with E-state index in [1.807, 2.05) is 26.0 Å². The molecule has 0 amide bonds. The molecule has 1 aliphatic carbocycles. The first kappa shape index (κ1) is 27.1. The Labute approximate surface area is 216 Å². The number of anilines is 2. The Morgan fingerprint density at radius 1 is 1.22 bits per heavy atom. The predicted octanol–water partition coefficient (Wildman–Crippen LogP) is 3.97. The number of fused-ring (bicyclic) bond motifs is 2. The van der Waals surface area contributed by atoms with Crippen LogP contribution in [0.2, 0.25) is 0 Å². The van der Waals surface area contributed by atoms with Crippen molar-refractivity contribution in [1.82, 2.24) is 0 Å². The highest BCUT2D eigenvalue weighted by molar-refractivity contribution is 7.92. The van der Waals surface area contributed by atoms with E-state index in [2.05, 4.69) is 14.8 Å². The topological polar surface area (TPSA) is 143 Å². The third-order valence-electron chi connectivity index (χ3n) is 6.77. The maximum atomic E-state index is 14.1. The van der Waals surface area contributed by atoms with Crippen LogP contribution in [0.1, 0.15) is 37.8 Å². The highest BCUT2D eigenvalue weighted by atomic mass is 32.2. The van der Waals surface area contributed by atoms with Crippen molar-refractivity contribution in [3.8, 4) is 0 Å². The number of rotatable bonds is 8. The Hall–Kier alpha value is -2.98. The average Bonchev–Trinajstić information content (AvgIpc) is 2.86. The van der Waals surface area contributed by atoms with E-state index in [1.54, 1.807) is 19.2 Å². The summed E-state index contributed by atoms with van der Waals surface area (Å²) in [5.74, 6) is -0.727. The Bertz CT molecular complexity index is 1480. The van der Waals surface area contributed by atoms with Gasteiger partial charge in [0, 0.05) is 25.5 Å². The number of nitrogens with zero attached hydrogens (tertiary/aromatic N) is 1. The number of carbonyl (C=O) groups is 1. The Morgan fingerprint density at radius 2 is 1.92 bits per heavy atom.